The van der Waals surface area contributed by atoms with Gasteiger partial charge in [-0.25, -0.2) is 4.98 Å². The molecule has 0 radical (unpaired) electrons. The summed E-state index contributed by atoms with van der Waals surface area (Å²) < 4.78 is 1.85. The van der Waals surface area contributed by atoms with Gasteiger partial charge in [-0.1, -0.05) is 63.1 Å². The Morgan fingerprint density at radius 2 is 2.04 bits per heavy atom. The fourth-order valence-electron chi connectivity index (χ4n) is 3.97. The van der Waals surface area contributed by atoms with Gasteiger partial charge in [0, 0.05) is 10.6 Å². The second-order valence-corrected chi connectivity index (χ2v) is 9.96. The third-order valence-electron chi connectivity index (χ3n) is 5.54. The van der Waals surface area contributed by atoms with Gasteiger partial charge >= 0.3 is 0 Å². The van der Waals surface area contributed by atoms with Crippen molar-refractivity contribution in [3.05, 3.63) is 51.1 Å². The normalized spacial score (nSPS) is 16.4. The summed E-state index contributed by atoms with van der Waals surface area (Å²) in [7, 11) is 0. The Labute approximate surface area is 175 Å². The van der Waals surface area contributed by atoms with Crippen molar-refractivity contribution >= 4 is 33.3 Å². The SMILES string of the molecule is CCCCCCSc1nc2sc3c(c2c(=O)n1-c1ccccc1)CCC(C)C3. The Bertz CT molecular complexity index is 1010. The lowest BCUT2D eigenvalue weighted by atomic mass is 9.89. The standard InChI is InChI=1S/C23H28N2OS2/c1-3-4-5-9-14-27-23-24-21-20(18-13-12-16(2)15-19(18)28-21)22(26)25(23)17-10-7-6-8-11-17/h6-8,10-11,16H,3-5,9,12-15H2,1-2H3. The Morgan fingerprint density at radius 1 is 1.21 bits per heavy atom. The van der Waals surface area contributed by atoms with Gasteiger partial charge in [0.25, 0.3) is 5.56 Å². The van der Waals surface area contributed by atoms with Crippen LogP contribution < -0.4 is 5.56 Å². The first-order chi connectivity index (χ1) is 13.7. The maximum atomic E-state index is 13.6. The average Bonchev–Trinajstić information content (AvgIpc) is 3.06. The molecule has 3 aromatic rings. The van der Waals surface area contributed by atoms with Gasteiger partial charge in [0.1, 0.15) is 4.83 Å². The number of unbranched alkanes of at least 4 members (excludes halogenated alkanes) is 3. The van der Waals surface area contributed by atoms with Crippen LogP contribution in [-0.4, -0.2) is 15.3 Å². The van der Waals surface area contributed by atoms with Crippen LogP contribution in [0.5, 0.6) is 0 Å². The Balaban J connectivity index is 1.79. The molecule has 1 aliphatic carbocycles. The smallest absolute Gasteiger partial charge is 0.267 e. The van der Waals surface area contributed by atoms with Gasteiger partial charge in [-0.05, 0) is 49.3 Å². The number of nitrogens with zero attached hydrogens (tertiary/aromatic N) is 2. The summed E-state index contributed by atoms with van der Waals surface area (Å²) in [5.74, 6) is 1.71. The number of fused-ring (bicyclic) bond motifs is 3. The van der Waals surface area contributed by atoms with Crippen LogP contribution in [0.25, 0.3) is 15.9 Å². The van der Waals surface area contributed by atoms with Crippen molar-refractivity contribution < 1.29 is 0 Å². The van der Waals surface area contributed by atoms with Crippen LogP contribution in [0.15, 0.2) is 40.3 Å². The summed E-state index contributed by atoms with van der Waals surface area (Å²) in [6.45, 7) is 4.54. The molecule has 0 aliphatic heterocycles. The maximum Gasteiger partial charge on any atom is 0.267 e. The molecule has 0 amide bonds. The van der Waals surface area contributed by atoms with E-state index in [9.17, 15) is 4.79 Å². The zero-order valence-corrected chi connectivity index (χ0v) is 18.4. The highest BCUT2D eigenvalue weighted by atomic mass is 32.2. The molecule has 0 saturated heterocycles. The Morgan fingerprint density at radius 3 is 2.82 bits per heavy atom. The largest absolute Gasteiger partial charge is 0.268 e. The fourth-order valence-corrected chi connectivity index (χ4v) is 6.40. The number of benzene rings is 1. The first kappa shape index (κ1) is 19.7. The van der Waals surface area contributed by atoms with Crippen molar-refractivity contribution in [1.82, 2.24) is 9.55 Å². The molecule has 2 heterocycles. The van der Waals surface area contributed by atoms with Crippen LogP contribution in [0.2, 0.25) is 0 Å². The highest BCUT2D eigenvalue weighted by molar-refractivity contribution is 7.99. The summed E-state index contributed by atoms with van der Waals surface area (Å²) in [4.78, 5) is 20.9. The zero-order valence-electron chi connectivity index (χ0n) is 16.7. The lowest BCUT2D eigenvalue weighted by Gasteiger charge is -2.17. The van der Waals surface area contributed by atoms with Gasteiger partial charge in [-0.15, -0.1) is 11.3 Å². The minimum Gasteiger partial charge on any atom is -0.268 e. The third-order valence-corrected chi connectivity index (χ3v) is 7.72. The van der Waals surface area contributed by atoms with E-state index < -0.39 is 0 Å². The van der Waals surface area contributed by atoms with Crippen molar-refractivity contribution in [1.29, 1.82) is 0 Å². The van der Waals surface area contributed by atoms with E-state index in [1.807, 2.05) is 34.9 Å². The number of para-hydroxylation sites is 1. The van der Waals surface area contributed by atoms with E-state index >= 15 is 0 Å². The fraction of sp³-hybridized carbons (Fsp3) is 0.478. The van der Waals surface area contributed by atoms with Crippen molar-refractivity contribution in [3.8, 4) is 5.69 Å². The molecule has 1 unspecified atom stereocenters. The summed E-state index contributed by atoms with van der Waals surface area (Å²) >= 11 is 3.47. The lowest BCUT2D eigenvalue weighted by molar-refractivity contribution is 0.509. The van der Waals surface area contributed by atoms with E-state index in [0.717, 1.165) is 46.1 Å². The molecule has 4 rings (SSSR count). The van der Waals surface area contributed by atoms with Gasteiger partial charge in [-0.3, -0.25) is 9.36 Å². The number of aromatic nitrogens is 2. The van der Waals surface area contributed by atoms with E-state index in [1.54, 1.807) is 23.1 Å². The number of thioether (sulfide) groups is 1. The van der Waals surface area contributed by atoms with E-state index in [1.165, 1.54) is 36.1 Å². The molecule has 0 saturated carbocycles. The zero-order chi connectivity index (χ0) is 19.5. The maximum absolute atomic E-state index is 13.6. The minimum absolute atomic E-state index is 0.110. The van der Waals surface area contributed by atoms with Gasteiger partial charge < -0.3 is 0 Å². The molecule has 28 heavy (non-hydrogen) atoms. The summed E-state index contributed by atoms with van der Waals surface area (Å²) in [5.41, 5.74) is 2.29. The van der Waals surface area contributed by atoms with E-state index in [2.05, 4.69) is 13.8 Å². The summed E-state index contributed by atoms with van der Waals surface area (Å²) in [6.07, 6.45) is 8.17. The van der Waals surface area contributed by atoms with Crippen molar-refractivity contribution in [2.45, 2.75) is 63.9 Å². The molecule has 1 atom stereocenters. The number of hydrogen-bond donors (Lipinski definition) is 0. The first-order valence-electron chi connectivity index (χ1n) is 10.4. The predicted octanol–water partition coefficient (Wildman–Crippen LogP) is 6.24. The van der Waals surface area contributed by atoms with E-state index in [-0.39, 0.29) is 5.56 Å². The summed E-state index contributed by atoms with van der Waals surface area (Å²) in [6, 6.07) is 10.00. The van der Waals surface area contributed by atoms with Gasteiger partial charge in [0.05, 0.1) is 11.1 Å². The van der Waals surface area contributed by atoms with Crippen LogP contribution in [0.4, 0.5) is 0 Å². The quantitative estimate of drug-likeness (QED) is 0.261. The van der Waals surface area contributed by atoms with Crippen molar-refractivity contribution in [2.24, 2.45) is 5.92 Å². The summed E-state index contributed by atoms with van der Waals surface area (Å²) in [5, 5.41) is 1.71. The van der Waals surface area contributed by atoms with Crippen LogP contribution >= 0.6 is 23.1 Å². The molecule has 0 fully saturated rings. The lowest BCUT2D eigenvalue weighted by Crippen LogP contribution is -2.22. The molecule has 0 spiro atoms. The number of rotatable bonds is 7. The molecular weight excluding hydrogens is 384 g/mol. The minimum atomic E-state index is 0.110. The Hall–Kier alpha value is -1.59. The van der Waals surface area contributed by atoms with Gasteiger partial charge in [-0.2, -0.15) is 0 Å². The van der Waals surface area contributed by atoms with Crippen LogP contribution in [0, 0.1) is 5.92 Å². The molecular formula is C23H28N2OS2. The molecule has 1 aromatic carbocycles. The van der Waals surface area contributed by atoms with Crippen LogP contribution in [-0.2, 0) is 12.8 Å². The van der Waals surface area contributed by atoms with Gasteiger partial charge in [0.15, 0.2) is 5.16 Å². The van der Waals surface area contributed by atoms with E-state index in [4.69, 9.17) is 4.98 Å². The molecule has 3 nitrogen and oxygen atoms in total. The predicted molar refractivity (Wildman–Crippen MR) is 121 cm³/mol. The van der Waals surface area contributed by atoms with Crippen molar-refractivity contribution in [3.63, 3.8) is 0 Å². The number of thiophene rings is 1. The average molecular weight is 413 g/mol. The van der Waals surface area contributed by atoms with Crippen LogP contribution in [0.1, 0.15) is 56.4 Å². The monoisotopic (exact) mass is 412 g/mol. The molecule has 148 valence electrons. The van der Waals surface area contributed by atoms with Crippen molar-refractivity contribution in [2.75, 3.05) is 5.75 Å². The Kier molecular flexibility index (Phi) is 6.22. The molecule has 0 N–H and O–H groups in total. The molecule has 1 aliphatic rings. The molecule has 5 heteroatoms. The van der Waals surface area contributed by atoms with Gasteiger partial charge in [0.2, 0.25) is 0 Å². The number of hydrogen-bond acceptors (Lipinski definition) is 4. The first-order valence-corrected chi connectivity index (χ1v) is 12.2. The molecule has 0 bridgehead atoms. The van der Waals surface area contributed by atoms with Crippen LogP contribution in [0.3, 0.4) is 0 Å². The second-order valence-electron chi connectivity index (χ2n) is 7.81. The van der Waals surface area contributed by atoms with E-state index in [0.29, 0.717) is 5.92 Å². The topological polar surface area (TPSA) is 34.9 Å². The molecule has 2 aromatic heterocycles. The number of aryl methyl sites for hydroxylation is 1. The highest BCUT2D eigenvalue weighted by Gasteiger charge is 2.25. The third kappa shape index (κ3) is 3.92. The highest BCUT2D eigenvalue weighted by Crippen LogP contribution is 2.37. The second kappa shape index (κ2) is 8.83.